The Morgan fingerprint density at radius 1 is 1.00 bits per heavy atom. The molecule has 0 saturated heterocycles. The molecule has 0 aliphatic heterocycles. The second kappa shape index (κ2) is 9.61. The van der Waals surface area contributed by atoms with Crippen LogP contribution in [0.25, 0.3) is 0 Å². The summed E-state index contributed by atoms with van der Waals surface area (Å²) in [4.78, 5) is 12.9. The van der Waals surface area contributed by atoms with Crippen LogP contribution in [0.2, 0.25) is 0 Å². The zero-order valence-electron chi connectivity index (χ0n) is 17.8. The molecule has 4 rings (SSSR count). The summed E-state index contributed by atoms with van der Waals surface area (Å²) < 4.78 is 5.68. The van der Waals surface area contributed by atoms with Crippen molar-refractivity contribution in [3.63, 3.8) is 0 Å². The fraction of sp³-hybridized carbons (Fsp3) is 0.259. The first-order valence-electron chi connectivity index (χ1n) is 10.9. The Kier molecular flexibility index (Phi) is 6.46. The maximum absolute atomic E-state index is 12.9. The molecule has 1 N–H and O–H groups in total. The molecule has 0 radical (unpaired) electrons. The molecular weight excluding hydrogens is 384 g/mol. The maximum atomic E-state index is 12.9. The molecule has 0 heterocycles. The first-order chi connectivity index (χ1) is 15.2. The molecule has 4 nitrogen and oxygen atoms in total. The average Bonchev–Trinajstić information content (AvgIpc) is 3.59. The topological polar surface area (TPSA) is 50.7 Å². The molecule has 1 atom stereocenters. The van der Waals surface area contributed by atoms with Gasteiger partial charge < -0.3 is 4.74 Å². The fourth-order valence-electron chi connectivity index (χ4n) is 4.09. The number of hydrogen-bond acceptors (Lipinski definition) is 3. The number of carbonyl (C=O) groups excluding carboxylic acids is 1. The predicted octanol–water partition coefficient (Wildman–Crippen LogP) is 5.32. The molecule has 0 bridgehead atoms. The highest BCUT2D eigenvalue weighted by molar-refractivity contribution is 5.87. The van der Waals surface area contributed by atoms with Crippen molar-refractivity contribution in [2.45, 2.75) is 31.6 Å². The van der Waals surface area contributed by atoms with Gasteiger partial charge >= 0.3 is 0 Å². The summed E-state index contributed by atoms with van der Waals surface area (Å²) in [6.07, 6.45) is 4.61. The van der Waals surface area contributed by atoms with Gasteiger partial charge in [0.05, 0.1) is 18.7 Å². The monoisotopic (exact) mass is 412 g/mol. The van der Waals surface area contributed by atoms with Crippen LogP contribution in [-0.4, -0.2) is 18.7 Å². The lowest BCUT2D eigenvalue weighted by molar-refractivity contribution is -0.122. The molecule has 0 aromatic heterocycles. The van der Waals surface area contributed by atoms with Gasteiger partial charge in [-0.1, -0.05) is 74.0 Å². The van der Waals surface area contributed by atoms with E-state index in [9.17, 15) is 4.79 Å². The molecule has 0 unspecified atom stereocenters. The van der Waals surface area contributed by atoms with E-state index in [0.29, 0.717) is 0 Å². The second-order valence-electron chi connectivity index (χ2n) is 7.97. The third-order valence-corrected chi connectivity index (χ3v) is 5.89. The lowest BCUT2D eigenvalue weighted by atomic mass is 9.85. The van der Waals surface area contributed by atoms with Crippen LogP contribution in [0.3, 0.4) is 0 Å². The van der Waals surface area contributed by atoms with Crippen molar-refractivity contribution in [2.75, 3.05) is 6.61 Å². The van der Waals surface area contributed by atoms with Gasteiger partial charge in [0, 0.05) is 5.41 Å². The first kappa shape index (κ1) is 20.9. The van der Waals surface area contributed by atoms with Gasteiger partial charge in [-0.25, -0.2) is 5.43 Å². The summed E-state index contributed by atoms with van der Waals surface area (Å²) in [5.74, 6) is 0.662. The number of amides is 1. The van der Waals surface area contributed by atoms with Crippen LogP contribution in [0.1, 0.15) is 42.9 Å². The number of rotatable bonds is 9. The minimum Gasteiger partial charge on any atom is -0.494 e. The first-order valence-corrected chi connectivity index (χ1v) is 10.9. The number of hydrazone groups is 1. The van der Waals surface area contributed by atoms with Crippen LogP contribution in [0.4, 0.5) is 0 Å². The fourth-order valence-corrected chi connectivity index (χ4v) is 4.09. The van der Waals surface area contributed by atoms with Crippen molar-refractivity contribution in [1.29, 1.82) is 0 Å². The number of ether oxygens (including phenoxy) is 1. The Morgan fingerprint density at radius 2 is 1.61 bits per heavy atom. The van der Waals surface area contributed by atoms with Gasteiger partial charge in [-0.3, -0.25) is 4.79 Å². The normalized spacial score (nSPS) is 16.7. The van der Waals surface area contributed by atoms with Crippen molar-refractivity contribution < 1.29 is 9.53 Å². The van der Waals surface area contributed by atoms with Gasteiger partial charge in [0.1, 0.15) is 5.75 Å². The number of hydrogen-bond donors (Lipinski definition) is 1. The van der Waals surface area contributed by atoms with Gasteiger partial charge in [0.2, 0.25) is 5.91 Å². The molecule has 4 heteroatoms. The lowest BCUT2D eigenvalue weighted by Gasteiger charge is -2.18. The van der Waals surface area contributed by atoms with E-state index in [1.165, 1.54) is 11.1 Å². The van der Waals surface area contributed by atoms with Crippen LogP contribution >= 0.6 is 0 Å². The second-order valence-corrected chi connectivity index (χ2v) is 7.97. The Labute approximate surface area is 184 Å². The Bertz CT molecular complexity index is 975. The molecule has 0 spiro atoms. The zero-order chi connectivity index (χ0) is 21.5. The van der Waals surface area contributed by atoms with Crippen molar-refractivity contribution in [1.82, 2.24) is 5.43 Å². The van der Waals surface area contributed by atoms with Crippen LogP contribution in [0.5, 0.6) is 5.75 Å². The number of nitrogens with zero attached hydrogens (tertiary/aromatic N) is 1. The molecule has 1 aliphatic carbocycles. The van der Waals surface area contributed by atoms with Crippen LogP contribution in [-0.2, 0) is 10.2 Å². The van der Waals surface area contributed by atoms with Gasteiger partial charge in [-0.05, 0) is 53.8 Å². The molecule has 3 aromatic rings. The van der Waals surface area contributed by atoms with Crippen LogP contribution < -0.4 is 10.2 Å². The molecule has 31 heavy (non-hydrogen) atoms. The van der Waals surface area contributed by atoms with Gasteiger partial charge in [0.15, 0.2) is 0 Å². The Morgan fingerprint density at radius 3 is 2.19 bits per heavy atom. The minimum absolute atomic E-state index is 0.0523. The lowest BCUT2D eigenvalue weighted by Crippen LogP contribution is -2.25. The SMILES string of the molecule is CCCCOc1ccc(C=NNC(=O)[C@@H]2CC2(c2ccccc2)c2ccccc2)cc1. The summed E-state index contributed by atoms with van der Waals surface area (Å²) in [5, 5.41) is 4.20. The van der Waals surface area contributed by atoms with E-state index < -0.39 is 0 Å². The molecule has 1 amide bonds. The molecule has 3 aromatic carbocycles. The van der Waals surface area contributed by atoms with Crippen molar-refractivity contribution in [3.05, 3.63) is 102 Å². The van der Waals surface area contributed by atoms with Crippen molar-refractivity contribution in [3.8, 4) is 5.75 Å². The van der Waals surface area contributed by atoms with E-state index in [1.54, 1.807) is 6.21 Å². The number of nitrogens with one attached hydrogen (secondary N) is 1. The Balaban J connectivity index is 1.41. The molecule has 1 saturated carbocycles. The Hall–Kier alpha value is -3.40. The third-order valence-electron chi connectivity index (χ3n) is 5.89. The summed E-state index contributed by atoms with van der Waals surface area (Å²) in [6, 6.07) is 28.3. The number of unbranched alkanes of at least 4 members (excludes halogenated alkanes) is 1. The highest BCUT2D eigenvalue weighted by Crippen LogP contribution is 2.58. The highest BCUT2D eigenvalue weighted by Gasteiger charge is 2.60. The van der Waals surface area contributed by atoms with E-state index in [0.717, 1.165) is 37.2 Å². The molecule has 1 aliphatic rings. The average molecular weight is 413 g/mol. The quantitative estimate of drug-likeness (QED) is 0.294. The van der Waals surface area contributed by atoms with Crippen LogP contribution in [0.15, 0.2) is 90.0 Å². The predicted molar refractivity (Wildman–Crippen MR) is 124 cm³/mol. The van der Waals surface area contributed by atoms with Gasteiger partial charge in [0.25, 0.3) is 0 Å². The van der Waals surface area contributed by atoms with Crippen LogP contribution in [0, 0.1) is 5.92 Å². The highest BCUT2D eigenvalue weighted by atomic mass is 16.5. The summed E-state index contributed by atoms with van der Waals surface area (Å²) in [6.45, 7) is 2.87. The van der Waals surface area contributed by atoms with Gasteiger partial charge in [-0.15, -0.1) is 0 Å². The van der Waals surface area contributed by atoms with E-state index in [1.807, 2.05) is 60.7 Å². The maximum Gasteiger partial charge on any atom is 0.244 e. The molecule has 1 fully saturated rings. The smallest absolute Gasteiger partial charge is 0.244 e. The summed E-state index contributed by atoms with van der Waals surface area (Å²) in [7, 11) is 0. The van der Waals surface area contributed by atoms with E-state index in [2.05, 4.69) is 41.7 Å². The van der Waals surface area contributed by atoms with E-state index in [4.69, 9.17) is 4.74 Å². The van der Waals surface area contributed by atoms with Gasteiger partial charge in [-0.2, -0.15) is 5.10 Å². The minimum atomic E-state index is -0.278. The van der Waals surface area contributed by atoms with Crippen molar-refractivity contribution >= 4 is 12.1 Å². The van der Waals surface area contributed by atoms with Crippen molar-refractivity contribution in [2.24, 2.45) is 11.0 Å². The number of carbonyl (C=O) groups is 1. The van der Waals surface area contributed by atoms with E-state index in [-0.39, 0.29) is 17.2 Å². The summed E-state index contributed by atoms with van der Waals surface area (Å²) in [5.41, 5.74) is 5.72. The molecular formula is C27H28N2O2. The molecule has 158 valence electrons. The standard InChI is InChI=1S/C27H28N2O2/c1-2-3-18-31-24-16-14-21(15-17-24)20-28-29-26(30)25-19-27(25,22-10-6-4-7-11-22)23-12-8-5-9-13-23/h4-17,20,25H,2-3,18-19H2,1H3,(H,29,30)/t25-/m0/s1. The largest absolute Gasteiger partial charge is 0.494 e. The summed E-state index contributed by atoms with van der Waals surface area (Å²) >= 11 is 0. The van der Waals surface area contributed by atoms with E-state index >= 15 is 0 Å². The number of benzene rings is 3. The third kappa shape index (κ3) is 4.69. The zero-order valence-corrected chi connectivity index (χ0v) is 17.8.